The van der Waals surface area contributed by atoms with Crippen molar-refractivity contribution in [2.45, 2.75) is 39.2 Å². The summed E-state index contributed by atoms with van der Waals surface area (Å²) in [6.07, 6.45) is 2.64. The Balaban J connectivity index is 0.000000256. The summed E-state index contributed by atoms with van der Waals surface area (Å²) < 4.78 is 27.3. The van der Waals surface area contributed by atoms with Gasteiger partial charge in [0.15, 0.2) is 5.78 Å². The van der Waals surface area contributed by atoms with E-state index in [1.54, 1.807) is 62.8 Å². The van der Waals surface area contributed by atoms with Gasteiger partial charge in [-0.25, -0.2) is 0 Å². The molecular weight excluding hydrogens is 806 g/mol. The van der Waals surface area contributed by atoms with Crippen LogP contribution in [0.1, 0.15) is 53.0 Å². The van der Waals surface area contributed by atoms with Gasteiger partial charge in [0.2, 0.25) is 0 Å². The Morgan fingerprint density at radius 3 is 1.55 bits per heavy atom. The van der Waals surface area contributed by atoms with Crippen molar-refractivity contribution in [3.63, 3.8) is 0 Å². The maximum Gasteiger partial charge on any atom is 0.308 e. The van der Waals surface area contributed by atoms with Crippen LogP contribution < -0.4 is 23.7 Å². The summed E-state index contributed by atoms with van der Waals surface area (Å²) in [5.74, 6) is 2.10. The van der Waals surface area contributed by atoms with Crippen molar-refractivity contribution in [2.24, 2.45) is 0 Å². The van der Waals surface area contributed by atoms with Crippen LogP contribution in [0.25, 0.3) is 33.4 Å². The summed E-state index contributed by atoms with van der Waals surface area (Å²) in [5.41, 5.74) is 6.77. The van der Waals surface area contributed by atoms with E-state index in [1.807, 2.05) is 66.7 Å². The molecule has 6 aromatic carbocycles. The first kappa shape index (κ1) is 44.8. The van der Waals surface area contributed by atoms with E-state index >= 15 is 0 Å². The number of ketones is 1. The number of likely N-dealkylation sites (tertiary alicyclic amines) is 1. The van der Waals surface area contributed by atoms with Crippen LogP contribution in [-0.4, -0.2) is 68.3 Å². The van der Waals surface area contributed by atoms with Gasteiger partial charge in [0.05, 0.1) is 14.2 Å². The highest BCUT2D eigenvalue weighted by atomic mass is 35.5. The van der Waals surface area contributed by atoms with Crippen molar-refractivity contribution in [3.8, 4) is 62.1 Å². The van der Waals surface area contributed by atoms with Gasteiger partial charge in [0.1, 0.15) is 34.9 Å². The number of carbonyl (C=O) groups excluding carboxylic acids is 4. The van der Waals surface area contributed by atoms with Crippen molar-refractivity contribution >= 4 is 34.6 Å². The van der Waals surface area contributed by atoms with Gasteiger partial charge >= 0.3 is 11.9 Å². The molecule has 1 aliphatic rings. The van der Waals surface area contributed by atoms with Crippen LogP contribution in [0.4, 0.5) is 0 Å². The molecule has 0 unspecified atom stereocenters. The molecule has 0 bridgehead atoms. The highest BCUT2D eigenvalue weighted by Gasteiger charge is 2.19. The van der Waals surface area contributed by atoms with Crippen molar-refractivity contribution in [3.05, 3.63) is 150 Å². The number of rotatable bonds is 13. The molecule has 318 valence electrons. The predicted octanol–water partition coefficient (Wildman–Crippen LogP) is 10.5. The highest BCUT2D eigenvalue weighted by molar-refractivity contribution is 6.67. The normalized spacial score (nSPS) is 12.6. The van der Waals surface area contributed by atoms with E-state index in [-0.39, 0.29) is 18.3 Å². The number of halogens is 1. The minimum atomic E-state index is -0.575. The van der Waals surface area contributed by atoms with E-state index in [1.165, 1.54) is 19.9 Å². The molecule has 0 radical (unpaired) electrons. The zero-order valence-electron chi connectivity index (χ0n) is 35.3. The zero-order valence-corrected chi connectivity index (χ0v) is 36.1. The molecule has 1 heterocycles. The highest BCUT2D eigenvalue weighted by Crippen LogP contribution is 2.35. The van der Waals surface area contributed by atoms with E-state index in [9.17, 15) is 19.2 Å². The Bertz CT molecular complexity index is 2530. The Morgan fingerprint density at radius 2 is 1.06 bits per heavy atom. The Labute approximate surface area is 366 Å². The minimum Gasteiger partial charge on any atom is -0.497 e. The van der Waals surface area contributed by atoms with Gasteiger partial charge < -0.3 is 28.6 Å². The molecule has 0 amide bonds. The second kappa shape index (κ2) is 21.2. The fraction of sp³-hybridized carbons (Fsp3) is 0.216. The lowest BCUT2D eigenvalue weighted by Gasteiger charge is -2.29. The monoisotopic (exact) mass is 853 g/mol. The lowest BCUT2D eigenvalue weighted by atomic mass is 9.96. The third-order valence-corrected chi connectivity index (χ3v) is 10.5. The zero-order chi connectivity index (χ0) is 44.2. The number of piperidine rings is 1. The minimum absolute atomic E-state index is 0.0216. The summed E-state index contributed by atoms with van der Waals surface area (Å²) in [7, 11) is 5.30. The molecule has 0 aliphatic carbocycles. The van der Waals surface area contributed by atoms with Crippen molar-refractivity contribution in [1.82, 2.24) is 4.90 Å². The molecule has 0 spiro atoms. The van der Waals surface area contributed by atoms with Crippen LogP contribution in [0.15, 0.2) is 133 Å². The quantitative estimate of drug-likeness (QED) is 0.0481. The standard InChI is InChI=1S/C35H35NO5.C16H13ClO4/c1-24(37)40-35-16-13-29(23-33(35)28-5-4-6-32(22-28)39-3)34(38)21-25-7-9-26(10-8-25)27-11-14-30(15-12-27)41-31-17-19-36(2)20-18-31;1-10(18)21-15-7-6-12(16(17)19)9-14(15)11-4-3-5-13(8-11)20-2/h4-16,22-23,31H,17-21H2,1-3H3;3-9H,1-2H3. The summed E-state index contributed by atoms with van der Waals surface area (Å²) >= 11 is 5.51. The van der Waals surface area contributed by atoms with Crippen molar-refractivity contribution < 1.29 is 42.9 Å². The first-order valence-electron chi connectivity index (χ1n) is 20.1. The fourth-order valence-corrected chi connectivity index (χ4v) is 7.12. The third kappa shape index (κ3) is 12.2. The molecule has 0 N–H and O–H groups in total. The molecule has 7 rings (SSSR count). The number of benzene rings is 6. The average Bonchev–Trinajstić information content (AvgIpc) is 3.27. The van der Waals surface area contributed by atoms with Gasteiger partial charge in [-0.15, -0.1) is 0 Å². The molecule has 10 nitrogen and oxygen atoms in total. The summed E-state index contributed by atoms with van der Waals surface area (Å²) in [6.45, 7) is 4.81. The van der Waals surface area contributed by atoms with Gasteiger partial charge in [-0.2, -0.15) is 0 Å². The van der Waals surface area contributed by atoms with Gasteiger partial charge in [-0.3, -0.25) is 19.2 Å². The van der Waals surface area contributed by atoms with E-state index in [4.69, 9.17) is 35.3 Å². The predicted molar refractivity (Wildman–Crippen MR) is 241 cm³/mol. The van der Waals surface area contributed by atoms with Crippen LogP contribution in [0.2, 0.25) is 0 Å². The first-order chi connectivity index (χ1) is 29.9. The Kier molecular flexibility index (Phi) is 15.3. The summed E-state index contributed by atoms with van der Waals surface area (Å²) in [6, 6.07) is 40.7. The van der Waals surface area contributed by atoms with Gasteiger partial charge in [0, 0.05) is 55.6 Å². The van der Waals surface area contributed by atoms with Crippen LogP contribution in [0.3, 0.4) is 0 Å². The first-order valence-corrected chi connectivity index (χ1v) is 20.5. The molecule has 0 atom stereocenters. The lowest BCUT2D eigenvalue weighted by molar-refractivity contribution is -0.132. The number of hydrogen-bond donors (Lipinski definition) is 0. The molecular formula is C51H48ClNO9. The fourth-order valence-electron chi connectivity index (χ4n) is 7.00. The van der Waals surface area contributed by atoms with E-state index < -0.39 is 17.2 Å². The van der Waals surface area contributed by atoms with Crippen LogP contribution in [-0.2, 0) is 16.0 Å². The molecule has 62 heavy (non-hydrogen) atoms. The number of carbonyl (C=O) groups is 4. The molecule has 1 aliphatic heterocycles. The molecule has 0 aromatic heterocycles. The number of nitrogens with zero attached hydrogens (tertiary/aromatic N) is 1. The van der Waals surface area contributed by atoms with Crippen LogP contribution >= 0.6 is 11.6 Å². The van der Waals surface area contributed by atoms with Gasteiger partial charge in [-0.1, -0.05) is 60.7 Å². The summed E-state index contributed by atoms with van der Waals surface area (Å²) in [5, 5.41) is -0.575. The Hall–Kier alpha value is -6.75. The van der Waals surface area contributed by atoms with Crippen molar-refractivity contribution in [1.29, 1.82) is 0 Å². The largest absolute Gasteiger partial charge is 0.497 e. The second-order valence-corrected chi connectivity index (χ2v) is 15.1. The maximum atomic E-state index is 13.3. The second-order valence-electron chi connectivity index (χ2n) is 14.8. The average molecular weight is 854 g/mol. The number of ether oxygens (including phenoxy) is 5. The summed E-state index contributed by atoms with van der Waals surface area (Å²) in [4.78, 5) is 49.8. The number of hydrogen-bond acceptors (Lipinski definition) is 10. The van der Waals surface area contributed by atoms with Gasteiger partial charge in [0.25, 0.3) is 5.24 Å². The van der Waals surface area contributed by atoms with Crippen LogP contribution in [0, 0.1) is 0 Å². The smallest absolute Gasteiger partial charge is 0.308 e. The Morgan fingerprint density at radius 1 is 0.581 bits per heavy atom. The maximum absolute atomic E-state index is 13.3. The molecule has 6 aromatic rings. The van der Waals surface area contributed by atoms with E-state index in [0.717, 1.165) is 59.5 Å². The molecule has 1 fully saturated rings. The molecule has 0 saturated carbocycles. The van der Waals surface area contributed by atoms with Gasteiger partial charge in [-0.05, 0) is 132 Å². The van der Waals surface area contributed by atoms with Crippen LogP contribution in [0.5, 0.6) is 28.7 Å². The lowest BCUT2D eigenvalue weighted by Crippen LogP contribution is -2.35. The molecule has 1 saturated heterocycles. The van der Waals surface area contributed by atoms with E-state index in [0.29, 0.717) is 45.3 Å². The van der Waals surface area contributed by atoms with Crippen molar-refractivity contribution in [2.75, 3.05) is 34.4 Å². The number of esters is 2. The topological polar surface area (TPSA) is 118 Å². The number of Topliss-reactive ketones (excluding diaryl/α,β-unsaturated/α-hetero) is 1. The molecule has 11 heteroatoms. The number of methoxy groups -OCH3 is 2. The van der Waals surface area contributed by atoms with E-state index in [2.05, 4.69) is 24.1 Å². The SMILES string of the molecule is COc1cccc(-c2cc(C(=O)Cc3ccc(-c4ccc(OC5CCN(C)CC5)cc4)cc3)ccc2OC(C)=O)c1.COc1cccc(-c2cc(C(=O)Cl)ccc2OC(C)=O)c1. The third-order valence-electron chi connectivity index (χ3n) is 10.3.